The van der Waals surface area contributed by atoms with E-state index in [2.05, 4.69) is 0 Å². The van der Waals surface area contributed by atoms with E-state index in [-0.39, 0.29) is 19.4 Å². The van der Waals surface area contributed by atoms with Crippen LogP contribution in [0.4, 0.5) is 0 Å². The molecule has 2 aliphatic heterocycles. The Bertz CT molecular complexity index is 604. The lowest BCUT2D eigenvalue weighted by Gasteiger charge is -2.15. The third kappa shape index (κ3) is 7.96. The van der Waals surface area contributed by atoms with E-state index in [1.807, 2.05) is 0 Å². The highest BCUT2D eigenvalue weighted by molar-refractivity contribution is 5.93. The normalized spacial score (nSPS) is 16.1. The number of carbonyl (C=O) groups is 4. The Balaban J connectivity index is 0.000000275. The molecule has 0 saturated heterocycles. The summed E-state index contributed by atoms with van der Waals surface area (Å²) in [6.45, 7) is 1.77. The van der Waals surface area contributed by atoms with E-state index < -0.39 is 30.0 Å². The van der Waals surface area contributed by atoms with E-state index in [9.17, 15) is 19.2 Å². The molecule has 0 saturated carbocycles. The molecule has 8 heteroatoms. The van der Waals surface area contributed by atoms with Crippen LogP contribution in [0, 0.1) is 0 Å². The second-order valence-electron chi connectivity index (χ2n) is 5.39. The molecule has 0 aliphatic carbocycles. The predicted octanol–water partition coefficient (Wildman–Crippen LogP) is 2.12. The van der Waals surface area contributed by atoms with Gasteiger partial charge >= 0.3 is 23.9 Å². The number of hydrogen-bond acceptors (Lipinski definition) is 6. The molecule has 1 unspecified atom stereocenters. The van der Waals surface area contributed by atoms with Gasteiger partial charge in [0.15, 0.2) is 0 Å². The first kappa shape index (κ1) is 20.1. The molecule has 3 rings (SSSR count). The number of esters is 2. The number of hydrogen-bond donors (Lipinski definition) is 2. The van der Waals surface area contributed by atoms with Gasteiger partial charge in [0, 0.05) is 12.8 Å². The highest BCUT2D eigenvalue weighted by atomic mass is 16.6. The van der Waals surface area contributed by atoms with E-state index in [0.29, 0.717) is 24.0 Å². The van der Waals surface area contributed by atoms with Gasteiger partial charge in [-0.2, -0.15) is 0 Å². The van der Waals surface area contributed by atoms with Gasteiger partial charge < -0.3 is 19.7 Å². The molecular formula is C17H20O8. The fourth-order valence-electron chi connectivity index (χ4n) is 1.86. The molecule has 2 N–H and O–H groups in total. The van der Waals surface area contributed by atoms with Gasteiger partial charge in [-0.3, -0.25) is 9.59 Å². The lowest BCUT2D eigenvalue weighted by Crippen LogP contribution is -2.23. The fraction of sp³-hybridized carbons (Fsp3) is 0.412. The van der Waals surface area contributed by atoms with Crippen LogP contribution in [0.5, 0.6) is 0 Å². The van der Waals surface area contributed by atoms with Gasteiger partial charge in [0.05, 0.1) is 11.1 Å². The average Bonchev–Trinajstić information content (AvgIpc) is 2.56. The quantitative estimate of drug-likeness (QED) is 0.609. The number of rotatable bonds is 5. The number of carbonyl (C=O) groups excluding carboxylic acids is 2. The summed E-state index contributed by atoms with van der Waals surface area (Å²) in [5.74, 6) is -2.53. The Kier molecular flexibility index (Phi) is 8.11. The van der Waals surface area contributed by atoms with E-state index >= 15 is 0 Å². The van der Waals surface area contributed by atoms with Crippen LogP contribution >= 0.6 is 0 Å². The number of aliphatic carboxylic acids is 2. The summed E-state index contributed by atoms with van der Waals surface area (Å²) < 4.78 is 9.98. The van der Waals surface area contributed by atoms with Crippen LogP contribution in [0.1, 0.15) is 53.3 Å². The molecule has 0 amide bonds. The Morgan fingerprint density at radius 1 is 0.960 bits per heavy atom. The monoisotopic (exact) mass is 352 g/mol. The lowest BCUT2D eigenvalue weighted by molar-refractivity contribution is -0.139. The van der Waals surface area contributed by atoms with Gasteiger partial charge in [-0.1, -0.05) is 0 Å². The second-order valence-corrected chi connectivity index (χ2v) is 5.39. The van der Waals surface area contributed by atoms with Crippen molar-refractivity contribution in [3.05, 3.63) is 35.4 Å². The molecule has 136 valence electrons. The molecule has 25 heavy (non-hydrogen) atoms. The number of benzene rings is 1. The van der Waals surface area contributed by atoms with Crippen LogP contribution in [-0.4, -0.2) is 46.8 Å². The fourth-order valence-corrected chi connectivity index (χ4v) is 1.86. The zero-order chi connectivity index (χ0) is 18.8. The van der Waals surface area contributed by atoms with Gasteiger partial charge in [-0.05, 0) is 44.0 Å². The minimum absolute atomic E-state index is 0.0628. The van der Waals surface area contributed by atoms with Crippen LogP contribution < -0.4 is 0 Å². The average molecular weight is 352 g/mol. The van der Waals surface area contributed by atoms with Gasteiger partial charge in [-0.15, -0.1) is 0 Å². The third-order valence-corrected chi connectivity index (χ3v) is 3.14. The van der Waals surface area contributed by atoms with Crippen molar-refractivity contribution in [2.45, 2.75) is 38.7 Å². The lowest BCUT2D eigenvalue weighted by atomic mass is 10.1. The topological polar surface area (TPSA) is 127 Å². The van der Waals surface area contributed by atoms with Crippen molar-refractivity contribution in [1.29, 1.82) is 0 Å². The minimum atomic E-state index is -0.870. The van der Waals surface area contributed by atoms with E-state index in [1.165, 1.54) is 0 Å². The summed E-state index contributed by atoms with van der Waals surface area (Å²) in [5.41, 5.74) is 0.890. The number of carboxylic acid groups (broad SMARTS) is 2. The van der Waals surface area contributed by atoms with Crippen molar-refractivity contribution in [3.63, 3.8) is 0 Å². The van der Waals surface area contributed by atoms with Gasteiger partial charge in [0.2, 0.25) is 0 Å². The molecule has 2 aliphatic rings. The van der Waals surface area contributed by atoms with Gasteiger partial charge in [0.1, 0.15) is 12.7 Å². The molecule has 0 spiro atoms. The summed E-state index contributed by atoms with van der Waals surface area (Å²) >= 11 is 0. The zero-order valence-corrected chi connectivity index (χ0v) is 13.8. The zero-order valence-electron chi connectivity index (χ0n) is 13.8. The Morgan fingerprint density at radius 3 is 1.84 bits per heavy atom. The van der Waals surface area contributed by atoms with Crippen molar-refractivity contribution in [2.24, 2.45) is 0 Å². The number of unbranched alkanes of at least 4 members (excludes halogenated alkanes) is 1. The van der Waals surface area contributed by atoms with Gasteiger partial charge in [-0.25, -0.2) is 9.59 Å². The first-order valence-corrected chi connectivity index (χ1v) is 7.71. The molecule has 8 nitrogen and oxygen atoms in total. The van der Waals surface area contributed by atoms with Gasteiger partial charge in [0.25, 0.3) is 0 Å². The smallest absolute Gasteiger partial charge is 0.338 e. The Hall–Kier alpha value is -2.90. The maximum absolute atomic E-state index is 11.5. The summed E-state index contributed by atoms with van der Waals surface area (Å²) in [6, 6.07) is 6.21. The summed E-state index contributed by atoms with van der Waals surface area (Å²) in [7, 11) is 0. The number of ether oxygens (including phenoxy) is 2. The van der Waals surface area contributed by atoms with Crippen molar-refractivity contribution < 1.29 is 38.9 Å². The number of carboxylic acids is 2. The molecule has 0 fully saturated rings. The molecule has 1 aromatic carbocycles. The number of fused-ring (bicyclic) bond motifs is 7. The summed E-state index contributed by atoms with van der Waals surface area (Å²) in [4.78, 5) is 42.7. The maximum Gasteiger partial charge on any atom is 0.338 e. The van der Waals surface area contributed by atoms with Crippen LogP contribution in [-0.2, 0) is 19.1 Å². The second kappa shape index (κ2) is 10.1. The molecule has 0 radical (unpaired) electrons. The van der Waals surface area contributed by atoms with E-state index in [4.69, 9.17) is 19.7 Å². The Morgan fingerprint density at radius 2 is 1.40 bits per heavy atom. The predicted molar refractivity (Wildman–Crippen MR) is 85.3 cm³/mol. The highest BCUT2D eigenvalue weighted by Gasteiger charge is 2.17. The largest absolute Gasteiger partial charge is 0.481 e. The Labute approximate surface area is 144 Å². The third-order valence-electron chi connectivity index (χ3n) is 3.14. The molecule has 1 atom stereocenters. The van der Waals surface area contributed by atoms with Crippen molar-refractivity contribution in [2.75, 3.05) is 6.61 Å². The van der Waals surface area contributed by atoms with Crippen LogP contribution in [0.2, 0.25) is 0 Å². The first-order chi connectivity index (χ1) is 11.8. The molecular weight excluding hydrogens is 332 g/mol. The minimum Gasteiger partial charge on any atom is -0.481 e. The van der Waals surface area contributed by atoms with E-state index in [1.54, 1.807) is 31.2 Å². The molecule has 2 bridgehead atoms. The van der Waals surface area contributed by atoms with E-state index in [0.717, 1.165) is 0 Å². The summed E-state index contributed by atoms with van der Waals surface area (Å²) in [5, 5.41) is 16.3. The standard InChI is InChI=1S/C11H10O4.C6H10O4/c1-7-6-14-10(12)8-2-4-9(5-3-8)11(13)15-7;7-5(8)3-1-2-4-6(9)10/h2-5,7H,6H2,1H3;1-4H2,(H,7,8)(H,9,10). The molecule has 1 aromatic rings. The van der Waals surface area contributed by atoms with Crippen molar-refractivity contribution >= 4 is 23.9 Å². The van der Waals surface area contributed by atoms with Crippen LogP contribution in [0.3, 0.4) is 0 Å². The van der Waals surface area contributed by atoms with Crippen molar-refractivity contribution in [1.82, 2.24) is 0 Å². The maximum atomic E-state index is 11.5. The molecule has 0 aromatic heterocycles. The first-order valence-electron chi connectivity index (χ1n) is 7.71. The summed E-state index contributed by atoms with van der Waals surface area (Å²) in [6.07, 6.45) is 0.597. The van der Waals surface area contributed by atoms with Crippen LogP contribution in [0.15, 0.2) is 24.3 Å². The van der Waals surface area contributed by atoms with Crippen molar-refractivity contribution in [3.8, 4) is 0 Å². The SMILES string of the molecule is CC1COC(=O)c2ccc(cc2)C(=O)O1.O=C(O)CCCCC(=O)O. The molecule has 2 heterocycles. The highest BCUT2D eigenvalue weighted by Crippen LogP contribution is 2.11. The van der Waals surface area contributed by atoms with Crippen LogP contribution in [0.25, 0.3) is 0 Å².